The summed E-state index contributed by atoms with van der Waals surface area (Å²) < 4.78 is 0. The van der Waals surface area contributed by atoms with Crippen LogP contribution in [0.4, 0.5) is 11.4 Å². The first-order valence-electron chi connectivity index (χ1n) is 8.66. The Bertz CT molecular complexity index is 962. The van der Waals surface area contributed by atoms with Crippen molar-refractivity contribution in [3.05, 3.63) is 34.0 Å². The summed E-state index contributed by atoms with van der Waals surface area (Å²) >= 11 is 0. The number of rotatable bonds is 3. The highest BCUT2D eigenvalue weighted by atomic mass is 16.1. The summed E-state index contributed by atoms with van der Waals surface area (Å²) in [7, 11) is 0. The zero-order valence-corrected chi connectivity index (χ0v) is 16.5. The van der Waals surface area contributed by atoms with Gasteiger partial charge in [-0.3, -0.25) is 4.79 Å². The Morgan fingerprint density at radius 2 is 1.63 bits per heavy atom. The standard InChI is InChI=1S/C21H23N5O/c1-12-16(25-13(2)27)7-15-18(21(5,6)11-20(15,3)4)19(12)26-17(10-24)14(8-22)9-23/h7,26H,11H2,1-6H3,(H,25,27). The van der Waals surface area contributed by atoms with Gasteiger partial charge in [0.25, 0.3) is 0 Å². The second-order valence-corrected chi connectivity index (χ2v) is 8.18. The third kappa shape index (κ3) is 3.50. The molecule has 0 unspecified atom stereocenters. The zero-order chi connectivity index (χ0) is 20.6. The summed E-state index contributed by atoms with van der Waals surface area (Å²) in [6.45, 7) is 11.9. The number of carbonyl (C=O) groups is 1. The van der Waals surface area contributed by atoms with Gasteiger partial charge in [-0.15, -0.1) is 0 Å². The molecule has 1 aliphatic rings. The molecule has 0 aromatic heterocycles. The number of nitrogens with zero attached hydrogens (tertiary/aromatic N) is 3. The smallest absolute Gasteiger partial charge is 0.221 e. The summed E-state index contributed by atoms with van der Waals surface area (Å²) in [5.74, 6) is -0.190. The van der Waals surface area contributed by atoms with E-state index >= 15 is 0 Å². The van der Waals surface area contributed by atoms with Gasteiger partial charge in [0.05, 0.1) is 0 Å². The number of hydrogen-bond acceptors (Lipinski definition) is 5. The van der Waals surface area contributed by atoms with Gasteiger partial charge in [-0.2, -0.15) is 15.8 Å². The fraction of sp³-hybridized carbons (Fsp3) is 0.429. The number of anilines is 2. The van der Waals surface area contributed by atoms with Gasteiger partial charge in [0.15, 0.2) is 5.57 Å². The van der Waals surface area contributed by atoms with Crippen molar-refractivity contribution < 1.29 is 4.79 Å². The van der Waals surface area contributed by atoms with Crippen LogP contribution in [0.25, 0.3) is 0 Å². The molecule has 0 spiro atoms. The number of hydrogen-bond donors (Lipinski definition) is 2. The summed E-state index contributed by atoms with van der Waals surface area (Å²) in [6, 6.07) is 7.43. The first-order valence-corrected chi connectivity index (χ1v) is 8.66. The summed E-state index contributed by atoms with van der Waals surface area (Å²) in [6.07, 6.45) is 0.891. The number of allylic oxidation sites excluding steroid dienone is 2. The average Bonchev–Trinajstić information content (AvgIpc) is 2.74. The minimum absolute atomic E-state index is 0.0919. The number of nitriles is 3. The van der Waals surface area contributed by atoms with Crippen LogP contribution in [-0.2, 0) is 15.6 Å². The molecular formula is C21H23N5O. The molecule has 0 bridgehead atoms. The second kappa shape index (κ2) is 6.78. The molecule has 1 aromatic carbocycles. The molecule has 0 saturated carbocycles. The van der Waals surface area contributed by atoms with Gasteiger partial charge in [0.1, 0.15) is 23.9 Å². The minimum atomic E-state index is -0.273. The Morgan fingerprint density at radius 3 is 2.11 bits per heavy atom. The molecule has 1 aromatic rings. The molecule has 6 heteroatoms. The van der Waals surface area contributed by atoms with E-state index in [9.17, 15) is 10.1 Å². The molecule has 27 heavy (non-hydrogen) atoms. The lowest BCUT2D eigenvalue weighted by atomic mass is 9.81. The van der Waals surface area contributed by atoms with E-state index in [-0.39, 0.29) is 28.0 Å². The normalized spacial score (nSPS) is 15.5. The van der Waals surface area contributed by atoms with Crippen LogP contribution in [0.15, 0.2) is 17.3 Å². The molecule has 0 aliphatic heterocycles. The van der Waals surface area contributed by atoms with Crippen molar-refractivity contribution in [2.45, 2.75) is 58.8 Å². The van der Waals surface area contributed by atoms with Crippen molar-refractivity contribution in [2.75, 3.05) is 10.6 Å². The van der Waals surface area contributed by atoms with Crippen LogP contribution < -0.4 is 10.6 Å². The monoisotopic (exact) mass is 361 g/mol. The molecule has 1 amide bonds. The molecule has 138 valence electrons. The first kappa shape index (κ1) is 20.0. The van der Waals surface area contributed by atoms with Gasteiger partial charge in [-0.05, 0) is 46.9 Å². The fourth-order valence-electron chi connectivity index (χ4n) is 4.19. The second-order valence-electron chi connectivity index (χ2n) is 8.18. The van der Waals surface area contributed by atoms with Crippen LogP contribution in [0.5, 0.6) is 0 Å². The van der Waals surface area contributed by atoms with E-state index in [1.54, 1.807) is 12.1 Å². The number of amides is 1. The van der Waals surface area contributed by atoms with Crippen molar-refractivity contribution in [3.8, 4) is 18.2 Å². The highest BCUT2D eigenvalue weighted by Crippen LogP contribution is 2.54. The van der Waals surface area contributed by atoms with Gasteiger partial charge in [0, 0.05) is 18.3 Å². The number of nitrogens with one attached hydrogen (secondary N) is 2. The summed E-state index contributed by atoms with van der Waals surface area (Å²) in [5, 5.41) is 33.6. The Labute approximate surface area is 160 Å². The van der Waals surface area contributed by atoms with Crippen LogP contribution in [0.3, 0.4) is 0 Å². The molecule has 2 N–H and O–H groups in total. The van der Waals surface area contributed by atoms with E-state index in [0.29, 0.717) is 11.4 Å². The molecule has 0 atom stereocenters. The predicted molar refractivity (Wildman–Crippen MR) is 104 cm³/mol. The van der Waals surface area contributed by atoms with E-state index in [0.717, 1.165) is 23.1 Å². The Kier molecular flexibility index (Phi) is 5.03. The van der Waals surface area contributed by atoms with E-state index in [1.807, 2.05) is 19.1 Å². The topological polar surface area (TPSA) is 112 Å². The van der Waals surface area contributed by atoms with Crippen LogP contribution in [0.1, 0.15) is 57.7 Å². The van der Waals surface area contributed by atoms with Crippen molar-refractivity contribution in [1.29, 1.82) is 15.8 Å². The Balaban J connectivity index is 2.85. The van der Waals surface area contributed by atoms with Crippen molar-refractivity contribution in [2.24, 2.45) is 0 Å². The molecule has 1 aliphatic carbocycles. The lowest BCUT2D eigenvalue weighted by Crippen LogP contribution is -2.19. The fourth-order valence-corrected chi connectivity index (χ4v) is 4.19. The van der Waals surface area contributed by atoms with Crippen molar-refractivity contribution >= 4 is 17.3 Å². The van der Waals surface area contributed by atoms with Crippen LogP contribution in [0, 0.1) is 40.9 Å². The van der Waals surface area contributed by atoms with E-state index in [2.05, 4.69) is 38.3 Å². The SMILES string of the molecule is CC(=O)Nc1cc2c(c(NC(C#N)=C(C#N)C#N)c1C)C(C)(C)CC2(C)C. The van der Waals surface area contributed by atoms with E-state index in [1.165, 1.54) is 6.92 Å². The molecule has 2 rings (SSSR count). The highest BCUT2D eigenvalue weighted by molar-refractivity contribution is 5.92. The molecule has 0 heterocycles. The van der Waals surface area contributed by atoms with Crippen LogP contribution in [-0.4, -0.2) is 5.91 Å². The first-order chi connectivity index (χ1) is 12.5. The van der Waals surface area contributed by atoms with Gasteiger partial charge in [-0.1, -0.05) is 27.7 Å². The van der Waals surface area contributed by atoms with Gasteiger partial charge >= 0.3 is 0 Å². The quantitative estimate of drug-likeness (QED) is 0.785. The van der Waals surface area contributed by atoms with E-state index < -0.39 is 0 Å². The highest BCUT2D eigenvalue weighted by Gasteiger charge is 2.44. The van der Waals surface area contributed by atoms with Crippen LogP contribution in [0.2, 0.25) is 0 Å². The third-order valence-corrected chi connectivity index (χ3v) is 5.02. The summed E-state index contributed by atoms with van der Waals surface area (Å²) in [5.41, 5.74) is 3.54. The van der Waals surface area contributed by atoms with Gasteiger partial charge in [0.2, 0.25) is 5.91 Å². The molecule has 0 fully saturated rings. The lowest BCUT2D eigenvalue weighted by Gasteiger charge is -2.26. The maximum absolute atomic E-state index is 11.7. The molecule has 0 saturated heterocycles. The van der Waals surface area contributed by atoms with Gasteiger partial charge in [-0.25, -0.2) is 0 Å². The largest absolute Gasteiger partial charge is 0.345 e. The maximum Gasteiger partial charge on any atom is 0.221 e. The van der Waals surface area contributed by atoms with E-state index in [4.69, 9.17) is 10.5 Å². The number of benzene rings is 1. The minimum Gasteiger partial charge on any atom is -0.345 e. The lowest BCUT2D eigenvalue weighted by molar-refractivity contribution is -0.114. The number of fused-ring (bicyclic) bond motifs is 1. The predicted octanol–water partition coefficient (Wildman–Crippen LogP) is 4.15. The maximum atomic E-state index is 11.7. The third-order valence-electron chi connectivity index (χ3n) is 5.02. The Morgan fingerprint density at radius 1 is 1.04 bits per heavy atom. The molecule has 6 nitrogen and oxygen atoms in total. The zero-order valence-electron chi connectivity index (χ0n) is 16.5. The molecular weight excluding hydrogens is 338 g/mol. The van der Waals surface area contributed by atoms with Gasteiger partial charge < -0.3 is 10.6 Å². The number of carbonyl (C=O) groups excluding carboxylic acids is 1. The Hall–Kier alpha value is -3.30. The van der Waals surface area contributed by atoms with Crippen molar-refractivity contribution in [1.82, 2.24) is 0 Å². The summed E-state index contributed by atoms with van der Waals surface area (Å²) in [4.78, 5) is 11.7. The average molecular weight is 361 g/mol. The van der Waals surface area contributed by atoms with Crippen molar-refractivity contribution in [3.63, 3.8) is 0 Å². The molecule has 0 radical (unpaired) electrons. The van der Waals surface area contributed by atoms with Crippen LogP contribution >= 0.6 is 0 Å².